The van der Waals surface area contributed by atoms with Crippen LogP contribution in [0.25, 0.3) is 22.8 Å². The standard InChI is InChI=1S/C13H7BrCl2FN3S/c1-20-13(6-5-21-11(14)10(6)16)18-12(19-20)9-7(15)3-2-4-8(9)17/h2-5H,1H3. The first-order valence-electron chi connectivity index (χ1n) is 5.77. The van der Waals surface area contributed by atoms with Crippen LogP contribution in [0.15, 0.2) is 27.4 Å². The molecule has 0 saturated heterocycles. The summed E-state index contributed by atoms with van der Waals surface area (Å²) in [5, 5.41) is 6.93. The summed E-state index contributed by atoms with van der Waals surface area (Å²) in [6.45, 7) is 0. The monoisotopic (exact) mass is 405 g/mol. The summed E-state index contributed by atoms with van der Waals surface area (Å²) in [5.74, 6) is 0.322. The minimum Gasteiger partial charge on any atom is -0.248 e. The molecule has 2 heterocycles. The normalized spacial score (nSPS) is 11.1. The van der Waals surface area contributed by atoms with Crippen LogP contribution in [0.1, 0.15) is 0 Å². The third kappa shape index (κ3) is 2.61. The molecule has 108 valence electrons. The topological polar surface area (TPSA) is 30.7 Å². The number of halogens is 4. The fourth-order valence-corrected chi connectivity index (χ4v) is 3.64. The maximum absolute atomic E-state index is 14.0. The summed E-state index contributed by atoms with van der Waals surface area (Å²) >= 11 is 17.1. The van der Waals surface area contributed by atoms with E-state index in [1.165, 1.54) is 23.5 Å². The van der Waals surface area contributed by atoms with E-state index in [2.05, 4.69) is 26.0 Å². The van der Waals surface area contributed by atoms with Crippen molar-refractivity contribution < 1.29 is 4.39 Å². The van der Waals surface area contributed by atoms with Gasteiger partial charge in [0.25, 0.3) is 0 Å². The Bertz CT molecular complexity index is 811. The highest BCUT2D eigenvalue weighted by molar-refractivity contribution is 9.11. The molecule has 0 spiro atoms. The maximum atomic E-state index is 14.0. The zero-order valence-corrected chi connectivity index (χ0v) is 14.5. The van der Waals surface area contributed by atoms with Crippen molar-refractivity contribution in [3.63, 3.8) is 0 Å². The number of aromatic nitrogens is 3. The van der Waals surface area contributed by atoms with Crippen molar-refractivity contribution in [1.82, 2.24) is 14.8 Å². The van der Waals surface area contributed by atoms with E-state index in [4.69, 9.17) is 23.2 Å². The molecule has 0 unspecified atom stereocenters. The van der Waals surface area contributed by atoms with Gasteiger partial charge in [-0.25, -0.2) is 14.1 Å². The van der Waals surface area contributed by atoms with Crippen molar-refractivity contribution in [2.45, 2.75) is 0 Å². The molecule has 0 aliphatic heterocycles. The van der Waals surface area contributed by atoms with Crippen molar-refractivity contribution in [3.05, 3.63) is 43.2 Å². The van der Waals surface area contributed by atoms with E-state index in [-0.39, 0.29) is 16.4 Å². The molecule has 0 radical (unpaired) electrons. The van der Waals surface area contributed by atoms with E-state index < -0.39 is 5.82 Å². The molecule has 0 N–H and O–H groups in total. The van der Waals surface area contributed by atoms with Crippen LogP contribution in [0, 0.1) is 5.82 Å². The number of hydrogen-bond donors (Lipinski definition) is 0. The summed E-state index contributed by atoms with van der Waals surface area (Å²) in [5.41, 5.74) is 0.925. The number of nitrogens with zero attached hydrogens (tertiary/aromatic N) is 3. The van der Waals surface area contributed by atoms with Gasteiger partial charge in [-0.15, -0.1) is 11.3 Å². The smallest absolute Gasteiger partial charge is 0.186 e. The molecule has 0 saturated carbocycles. The Morgan fingerprint density at radius 2 is 2.10 bits per heavy atom. The highest BCUT2D eigenvalue weighted by atomic mass is 79.9. The molecule has 0 aliphatic carbocycles. The first-order valence-corrected chi connectivity index (χ1v) is 8.20. The second-order valence-electron chi connectivity index (χ2n) is 4.22. The van der Waals surface area contributed by atoms with Gasteiger partial charge in [0.15, 0.2) is 11.6 Å². The third-order valence-electron chi connectivity index (χ3n) is 2.88. The molecule has 3 nitrogen and oxygen atoms in total. The molecule has 3 rings (SSSR count). The lowest BCUT2D eigenvalue weighted by Crippen LogP contribution is -1.94. The predicted molar refractivity (Wildman–Crippen MR) is 87.4 cm³/mol. The average Bonchev–Trinajstić information content (AvgIpc) is 2.94. The van der Waals surface area contributed by atoms with Crippen molar-refractivity contribution in [3.8, 4) is 22.8 Å². The zero-order chi connectivity index (χ0) is 15.1. The fourth-order valence-electron chi connectivity index (χ4n) is 1.91. The van der Waals surface area contributed by atoms with Crippen LogP contribution in [-0.2, 0) is 7.05 Å². The fraction of sp³-hybridized carbons (Fsp3) is 0.0769. The van der Waals surface area contributed by atoms with Gasteiger partial charge in [-0.05, 0) is 28.1 Å². The Hall–Kier alpha value is -0.950. The van der Waals surface area contributed by atoms with Crippen molar-refractivity contribution in [2.75, 3.05) is 0 Å². The molecule has 0 fully saturated rings. The molecule has 2 aromatic heterocycles. The van der Waals surface area contributed by atoms with Crippen LogP contribution in [0.5, 0.6) is 0 Å². The van der Waals surface area contributed by atoms with Crippen molar-refractivity contribution in [1.29, 1.82) is 0 Å². The van der Waals surface area contributed by atoms with Gasteiger partial charge in [0.2, 0.25) is 0 Å². The van der Waals surface area contributed by atoms with Crippen LogP contribution in [0.4, 0.5) is 4.39 Å². The number of hydrogen-bond acceptors (Lipinski definition) is 3. The number of benzene rings is 1. The lowest BCUT2D eigenvalue weighted by atomic mass is 10.2. The van der Waals surface area contributed by atoms with Gasteiger partial charge in [0, 0.05) is 18.0 Å². The van der Waals surface area contributed by atoms with E-state index >= 15 is 0 Å². The maximum Gasteiger partial charge on any atom is 0.186 e. The van der Waals surface area contributed by atoms with Crippen LogP contribution in [-0.4, -0.2) is 14.8 Å². The predicted octanol–water partition coefficient (Wildman–Crippen LogP) is 5.42. The summed E-state index contributed by atoms with van der Waals surface area (Å²) in [6.07, 6.45) is 0. The summed E-state index contributed by atoms with van der Waals surface area (Å²) in [7, 11) is 1.72. The zero-order valence-electron chi connectivity index (χ0n) is 10.6. The number of thiophene rings is 1. The van der Waals surface area contributed by atoms with E-state index in [1.807, 2.05) is 5.38 Å². The van der Waals surface area contributed by atoms with Gasteiger partial charge >= 0.3 is 0 Å². The number of rotatable bonds is 2. The molecule has 0 atom stereocenters. The van der Waals surface area contributed by atoms with Gasteiger partial charge in [-0.3, -0.25) is 0 Å². The molecule has 0 amide bonds. The van der Waals surface area contributed by atoms with E-state index in [0.717, 1.165) is 9.35 Å². The number of aryl methyl sites for hydroxylation is 1. The van der Waals surface area contributed by atoms with Gasteiger partial charge in [0.1, 0.15) is 5.82 Å². The van der Waals surface area contributed by atoms with Gasteiger partial charge in [-0.2, -0.15) is 5.10 Å². The van der Waals surface area contributed by atoms with Crippen LogP contribution in [0.3, 0.4) is 0 Å². The Labute approximate surface area is 142 Å². The quantitative estimate of drug-likeness (QED) is 0.568. The van der Waals surface area contributed by atoms with E-state index in [1.54, 1.807) is 17.8 Å². The molecule has 0 aliphatic rings. The van der Waals surface area contributed by atoms with Crippen LogP contribution < -0.4 is 0 Å². The lowest BCUT2D eigenvalue weighted by molar-refractivity contribution is 0.629. The largest absolute Gasteiger partial charge is 0.248 e. The molecular weight excluding hydrogens is 400 g/mol. The van der Waals surface area contributed by atoms with Gasteiger partial charge in [-0.1, -0.05) is 29.3 Å². The lowest BCUT2D eigenvalue weighted by Gasteiger charge is -2.00. The molecule has 3 aromatic rings. The Kier molecular flexibility index (Phi) is 4.05. The molecular formula is C13H7BrCl2FN3S. The van der Waals surface area contributed by atoms with E-state index in [9.17, 15) is 4.39 Å². The first kappa shape index (κ1) is 15.0. The molecule has 1 aromatic carbocycles. The first-order chi connectivity index (χ1) is 9.99. The van der Waals surface area contributed by atoms with Crippen molar-refractivity contribution in [2.24, 2.45) is 7.05 Å². The Balaban J connectivity index is 2.17. The van der Waals surface area contributed by atoms with Gasteiger partial charge < -0.3 is 0 Å². The Morgan fingerprint density at radius 1 is 1.33 bits per heavy atom. The van der Waals surface area contributed by atoms with E-state index in [0.29, 0.717) is 10.8 Å². The SMILES string of the molecule is Cn1nc(-c2c(F)cccc2Cl)nc1-c1csc(Br)c1Cl. The van der Waals surface area contributed by atoms with Gasteiger partial charge in [0.05, 0.1) is 19.4 Å². The molecule has 8 heteroatoms. The highest BCUT2D eigenvalue weighted by Crippen LogP contribution is 2.39. The second kappa shape index (κ2) is 5.68. The van der Waals surface area contributed by atoms with Crippen LogP contribution >= 0.6 is 50.5 Å². The second-order valence-corrected chi connectivity index (χ2v) is 7.20. The average molecular weight is 407 g/mol. The Morgan fingerprint density at radius 3 is 2.71 bits per heavy atom. The summed E-state index contributed by atoms with van der Waals surface area (Å²) in [4.78, 5) is 4.37. The van der Waals surface area contributed by atoms with Crippen LogP contribution in [0.2, 0.25) is 10.0 Å². The minimum atomic E-state index is -0.461. The third-order valence-corrected chi connectivity index (χ3v) is 5.65. The van der Waals surface area contributed by atoms with Crippen molar-refractivity contribution >= 4 is 50.5 Å². The highest BCUT2D eigenvalue weighted by Gasteiger charge is 2.20. The minimum absolute atomic E-state index is 0.187. The summed E-state index contributed by atoms with van der Waals surface area (Å²) in [6, 6.07) is 4.47. The summed E-state index contributed by atoms with van der Waals surface area (Å²) < 4.78 is 16.3. The molecule has 21 heavy (non-hydrogen) atoms. The molecule has 0 bridgehead atoms.